The molecule has 3 nitrogen and oxygen atoms in total. The Kier molecular flexibility index (Phi) is 6.72. The van der Waals surface area contributed by atoms with E-state index in [9.17, 15) is 17.6 Å². The largest absolute Gasteiger partial charge is 0.455 e. The van der Waals surface area contributed by atoms with Gasteiger partial charge in [-0.25, -0.2) is 0 Å². The molecule has 15 heavy (non-hydrogen) atoms. The first-order valence-corrected chi connectivity index (χ1v) is 4.00. The normalized spacial score (nSPS) is 9.73. The van der Waals surface area contributed by atoms with Crippen LogP contribution in [0.25, 0.3) is 0 Å². The molecule has 0 bridgehead atoms. The van der Waals surface area contributed by atoms with E-state index in [1.54, 1.807) is 0 Å². The highest BCUT2D eigenvalue weighted by Gasteiger charge is 2.14. The molecule has 0 aromatic carbocycles. The number of aliphatic hydroxyl groups excluding tert-OH is 2. The molecule has 7 heteroatoms. The molecule has 88 valence electrons. The summed E-state index contributed by atoms with van der Waals surface area (Å²) < 4.78 is 52.4. The van der Waals surface area contributed by atoms with E-state index in [2.05, 4.69) is 4.74 Å². The van der Waals surface area contributed by atoms with Crippen molar-refractivity contribution in [1.29, 1.82) is 0 Å². The third-order valence-electron chi connectivity index (χ3n) is 1.35. The van der Waals surface area contributed by atoms with Crippen LogP contribution >= 0.6 is 0 Å². The summed E-state index contributed by atoms with van der Waals surface area (Å²) in [5.41, 5.74) is 0. The Balaban J connectivity index is 4.65. The predicted octanol–water partition coefficient (Wildman–Crippen LogP) is 1.98. The molecule has 0 heterocycles. The minimum absolute atomic E-state index is 0.565. The van der Waals surface area contributed by atoms with Crippen molar-refractivity contribution in [3.63, 3.8) is 0 Å². The maximum absolute atomic E-state index is 12.1. The zero-order valence-corrected chi connectivity index (χ0v) is 7.64. The Morgan fingerprint density at radius 2 is 1.13 bits per heavy atom. The summed E-state index contributed by atoms with van der Waals surface area (Å²) >= 11 is 0. The molecule has 0 saturated carbocycles. The Bertz CT molecular complexity index is 229. The van der Waals surface area contributed by atoms with Gasteiger partial charge in [0.1, 0.15) is 0 Å². The number of hydrogen-bond donors (Lipinski definition) is 2. The fraction of sp³-hybridized carbons (Fsp3) is 0.500. The lowest BCUT2D eigenvalue weighted by Gasteiger charge is -2.09. The van der Waals surface area contributed by atoms with Crippen molar-refractivity contribution < 1.29 is 32.5 Å². The molecule has 0 fully saturated rings. The third-order valence-corrected chi connectivity index (χ3v) is 1.35. The van der Waals surface area contributed by atoms with Gasteiger partial charge in [0, 0.05) is 12.8 Å². The van der Waals surface area contributed by atoms with E-state index in [0.29, 0.717) is 0 Å². The minimum Gasteiger partial charge on any atom is -0.455 e. The van der Waals surface area contributed by atoms with Gasteiger partial charge in [0.25, 0.3) is 0 Å². The van der Waals surface area contributed by atoms with Crippen LogP contribution in [-0.4, -0.2) is 23.4 Å². The number of rotatable bonds is 6. The highest BCUT2D eigenvalue weighted by atomic mass is 19.3. The van der Waals surface area contributed by atoms with E-state index in [-0.39, 0.29) is 0 Å². The van der Waals surface area contributed by atoms with Crippen LogP contribution in [-0.2, 0) is 4.74 Å². The maximum atomic E-state index is 12.1. The van der Waals surface area contributed by atoms with E-state index in [1.807, 2.05) is 0 Å². The lowest BCUT2D eigenvalue weighted by molar-refractivity contribution is 0.174. The van der Waals surface area contributed by atoms with Gasteiger partial charge in [-0.3, -0.25) is 0 Å². The average molecular weight is 230 g/mol. The first-order valence-electron chi connectivity index (χ1n) is 4.00. The van der Waals surface area contributed by atoms with Gasteiger partial charge >= 0.3 is 12.2 Å². The second-order valence-corrected chi connectivity index (χ2v) is 2.42. The van der Waals surface area contributed by atoms with Gasteiger partial charge in [-0.2, -0.15) is 17.6 Å². The molecule has 0 aromatic rings. The summed E-state index contributed by atoms with van der Waals surface area (Å²) in [5, 5.41) is 16.7. The minimum atomic E-state index is -2.28. The van der Waals surface area contributed by atoms with Gasteiger partial charge in [0.2, 0.25) is 0 Å². The third kappa shape index (κ3) is 5.38. The quantitative estimate of drug-likeness (QED) is 0.542. The van der Waals surface area contributed by atoms with E-state index in [0.717, 1.165) is 0 Å². The zero-order chi connectivity index (χ0) is 11.8. The molecule has 0 atom stereocenters. The summed E-state index contributed by atoms with van der Waals surface area (Å²) in [4.78, 5) is 0. The van der Waals surface area contributed by atoms with Gasteiger partial charge in [0.15, 0.2) is 11.5 Å². The maximum Gasteiger partial charge on any atom is 0.308 e. The Labute approximate surface area is 83.3 Å². The molecule has 2 N–H and O–H groups in total. The molecule has 0 aliphatic carbocycles. The summed E-state index contributed by atoms with van der Waals surface area (Å²) in [7, 11) is 0. The molecule has 0 spiro atoms. The molecule has 0 aromatic heterocycles. The number of hydrogen-bond acceptors (Lipinski definition) is 3. The molecule has 0 radical (unpaired) electrons. The van der Waals surface area contributed by atoms with Crippen LogP contribution in [0.15, 0.2) is 23.7 Å². The van der Waals surface area contributed by atoms with Crippen LogP contribution < -0.4 is 0 Å². The van der Waals surface area contributed by atoms with Crippen molar-refractivity contribution in [2.24, 2.45) is 0 Å². The van der Waals surface area contributed by atoms with Crippen LogP contribution in [0.4, 0.5) is 17.6 Å². The molecular weight excluding hydrogens is 220 g/mol. The van der Waals surface area contributed by atoms with Gasteiger partial charge in [0.05, 0.1) is 13.2 Å². The van der Waals surface area contributed by atoms with Crippen molar-refractivity contribution in [2.75, 3.05) is 13.2 Å². The SMILES string of the molecule is OCCC(OC(CCO)=C(F)F)=C(F)F. The van der Waals surface area contributed by atoms with E-state index in [1.165, 1.54) is 0 Å². The lowest BCUT2D eigenvalue weighted by Crippen LogP contribution is -2.00. The smallest absolute Gasteiger partial charge is 0.308 e. The molecular formula is C8H10F4O3. The van der Waals surface area contributed by atoms with Crippen molar-refractivity contribution >= 4 is 0 Å². The van der Waals surface area contributed by atoms with Gasteiger partial charge in [-0.1, -0.05) is 0 Å². The van der Waals surface area contributed by atoms with Crippen LogP contribution in [0, 0.1) is 0 Å². The molecule has 0 rings (SSSR count). The van der Waals surface area contributed by atoms with Crippen molar-refractivity contribution in [3.05, 3.63) is 23.7 Å². The van der Waals surface area contributed by atoms with Gasteiger partial charge < -0.3 is 14.9 Å². The van der Waals surface area contributed by atoms with E-state index < -0.39 is 49.7 Å². The van der Waals surface area contributed by atoms with E-state index >= 15 is 0 Å². The molecule has 0 aliphatic heterocycles. The molecule has 0 aliphatic rings. The topological polar surface area (TPSA) is 49.7 Å². The van der Waals surface area contributed by atoms with E-state index in [4.69, 9.17) is 10.2 Å². The fourth-order valence-electron chi connectivity index (χ4n) is 0.720. The van der Waals surface area contributed by atoms with Gasteiger partial charge in [-0.05, 0) is 0 Å². The standard InChI is InChI=1S/C8H10F4O3/c9-7(10)5(1-3-13)15-6(2-4-14)8(11)12/h13-14H,1-4H2. The van der Waals surface area contributed by atoms with Crippen LogP contribution in [0.1, 0.15) is 12.8 Å². The van der Waals surface area contributed by atoms with Crippen molar-refractivity contribution in [1.82, 2.24) is 0 Å². The summed E-state index contributed by atoms with van der Waals surface area (Å²) in [6.45, 7) is -1.29. The summed E-state index contributed by atoms with van der Waals surface area (Å²) in [6.07, 6.45) is -5.68. The second-order valence-electron chi connectivity index (χ2n) is 2.42. The van der Waals surface area contributed by atoms with Crippen LogP contribution in [0.2, 0.25) is 0 Å². The number of halogens is 4. The summed E-state index contributed by atoms with van der Waals surface area (Å²) in [6, 6.07) is 0. The first-order chi connectivity index (χ1) is 7.02. The molecule has 0 saturated heterocycles. The molecule has 0 unspecified atom stereocenters. The highest BCUT2D eigenvalue weighted by molar-refractivity contribution is 5.03. The number of ether oxygens (including phenoxy) is 1. The zero-order valence-electron chi connectivity index (χ0n) is 7.64. The average Bonchev–Trinajstić information content (AvgIpc) is 2.15. The lowest BCUT2D eigenvalue weighted by atomic mass is 10.3. The number of aliphatic hydroxyl groups is 2. The fourth-order valence-corrected chi connectivity index (χ4v) is 0.720. The Morgan fingerprint density at radius 1 is 0.800 bits per heavy atom. The van der Waals surface area contributed by atoms with Crippen LogP contribution in [0.3, 0.4) is 0 Å². The van der Waals surface area contributed by atoms with Crippen molar-refractivity contribution in [2.45, 2.75) is 12.8 Å². The Hall–Kier alpha value is -1.08. The van der Waals surface area contributed by atoms with Crippen molar-refractivity contribution in [3.8, 4) is 0 Å². The first kappa shape index (κ1) is 13.9. The predicted molar refractivity (Wildman–Crippen MR) is 43.0 cm³/mol. The summed E-state index contributed by atoms with van der Waals surface area (Å²) in [5.74, 6) is -2.04. The second kappa shape index (κ2) is 7.24. The highest BCUT2D eigenvalue weighted by Crippen LogP contribution is 2.22. The molecule has 0 amide bonds. The van der Waals surface area contributed by atoms with Crippen LogP contribution in [0.5, 0.6) is 0 Å². The van der Waals surface area contributed by atoms with Gasteiger partial charge in [-0.15, -0.1) is 0 Å². The Morgan fingerprint density at radius 3 is 1.33 bits per heavy atom. The monoisotopic (exact) mass is 230 g/mol.